The lowest BCUT2D eigenvalue weighted by Crippen LogP contribution is -2.47. The van der Waals surface area contributed by atoms with Crippen molar-refractivity contribution in [3.8, 4) is 0 Å². The molecule has 0 radical (unpaired) electrons. The number of nitrogens with one attached hydrogen (secondary N) is 4. The van der Waals surface area contributed by atoms with E-state index in [9.17, 15) is 4.79 Å². The van der Waals surface area contributed by atoms with Crippen LogP contribution in [0.15, 0.2) is 30.3 Å². The van der Waals surface area contributed by atoms with Crippen LogP contribution >= 0.6 is 12.4 Å². The van der Waals surface area contributed by atoms with Gasteiger partial charge in [-0.05, 0) is 25.1 Å². The number of hydrogen-bond acceptors (Lipinski definition) is 4. The summed E-state index contributed by atoms with van der Waals surface area (Å²) in [5, 5.41) is 6.29. The Hall–Kier alpha value is -1.14. The van der Waals surface area contributed by atoms with Crippen molar-refractivity contribution in [1.29, 1.82) is 0 Å². The van der Waals surface area contributed by atoms with Crippen LogP contribution in [0.2, 0.25) is 0 Å². The van der Waals surface area contributed by atoms with Crippen LogP contribution in [0, 0.1) is 5.92 Å². The summed E-state index contributed by atoms with van der Waals surface area (Å²) < 4.78 is 0. The number of hydrogen-bond donors (Lipinski definition) is 4. The number of rotatable bonds is 2. The van der Waals surface area contributed by atoms with Crippen molar-refractivity contribution in [3.05, 3.63) is 30.3 Å². The van der Waals surface area contributed by atoms with E-state index in [0.29, 0.717) is 12.0 Å². The van der Waals surface area contributed by atoms with Crippen LogP contribution in [0.1, 0.15) is 6.42 Å². The first-order valence-electron chi connectivity index (χ1n) is 6.42. The molecule has 0 bridgehead atoms. The van der Waals surface area contributed by atoms with Gasteiger partial charge in [-0.2, -0.15) is 0 Å². The van der Waals surface area contributed by atoms with Crippen molar-refractivity contribution in [2.75, 3.05) is 18.4 Å². The average Bonchev–Trinajstić information content (AvgIpc) is 2.84. The summed E-state index contributed by atoms with van der Waals surface area (Å²) in [6.45, 7) is 1.90. The Balaban J connectivity index is 0.00000133. The summed E-state index contributed by atoms with van der Waals surface area (Å²) in [6, 6.07) is 9.81. The SMILES string of the molecule is Cl.O=C(Nc1ccccc1)C1NNC2CCNCC21. The molecule has 1 aromatic carbocycles. The van der Waals surface area contributed by atoms with Crippen molar-refractivity contribution in [3.63, 3.8) is 0 Å². The molecule has 104 valence electrons. The second-order valence-corrected chi connectivity index (χ2v) is 4.88. The van der Waals surface area contributed by atoms with Gasteiger partial charge in [-0.25, -0.2) is 5.43 Å². The highest BCUT2D eigenvalue weighted by atomic mass is 35.5. The fourth-order valence-electron chi connectivity index (χ4n) is 2.72. The van der Waals surface area contributed by atoms with Crippen LogP contribution in [-0.2, 0) is 4.79 Å². The molecule has 5 nitrogen and oxygen atoms in total. The second kappa shape index (κ2) is 6.34. The smallest absolute Gasteiger partial charge is 0.243 e. The van der Waals surface area contributed by atoms with Crippen LogP contribution in [0.5, 0.6) is 0 Å². The topological polar surface area (TPSA) is 65.2 Å². The molecule has 1 aromatic rings. The quantitative estimate of drug-likeness (QED) is 0.638. The standard InChI is InChI=1S/C13H18N4O.ClH/c18-13(15-9-4-2-1-3-5-9)12-10-8-14-7-6-11(10)16-17-12;/h1-5,10-12,14,16-17H,6-8H2,(H,15,18);1H. The summed E-state index contributed by atoms with van der Waals surface area (Å²) in [5.41, 5.74) is 7.19. The predicted molar refractivity (Wildman–Crippen MR) is 77.1 cm³/mol. The number of benzene rings is 1. The van der Waals surface area contributed by atoms with Gasteiger partial charge in [-0.15, -0.1) is 12.4 Å². The molecule has 0 aromatic heterocycles. The van der Waals surface area contributed by atoms with Crippen molar-refractivity contribution in [2.45, 2.75) is 18.5 Å². The molecule has 0 saturated carbocycles. The van der Waals surface area contributed by atoms with Crippen LogP contribution < -0.4 is 21.5 Å². The zero-order valence-corrected chi connectivity index (χ0v) is 11.4. The van der Waals surface area contributed by atoms with E-state index in [1.54, 1.807) is 0 Å². The molecule has 4 N–H and O–H groups in total. The number of anilines is 1. The molecule has 2 aliphatic rings. The molecule has 2 aliphatic heterocycles. The minimum atomic E-state index is -0.164. The Morgan fingerprint density at radius 2 is 2.00 bits per heavy atom. The van der Waals surface area contributed by atoms with E-state index in [1.807, 2.05) is 30.3 Å². The minimum Gasteiger partial charge on any atom is -0.325 e. The lowest BCUT2D eigenvalue weighted by atomic mass is 9.89. The molecule has 2 saturated heterocycles. The third-order valence-electron chi connectivity index (χ3n) is 3.71. The molecule has 3 atom stereocenters. The summed E-state index contributed by atoms with van der Waals surface area (Å²) in [6.07, 6.45) is 1.06. The number of carbonyl (C=O) groups excluding carboxylic acids is 1. The maximum absolute atomic E-state index is 12.2. The third kappa shape index (κ3) is 3.06. The normalized spacial score (nSPS) is 29.2. The van der Waals surface area contributed by atoms with Crippen LogP contribution in [0.3, 0.4) is 0 Å². The Labute approximate surface area is 118 Å². The van der Waals surface area contributed by atoms with Crippen molar-refractivity contribution in [1.82, 2.24) is 16.2 Å². The molecule has 0 aliphatic carbocycles. The van der Waals surface area contributed by atoms with E-state index in [2.05, 4.69) is 21.5 Å². The van der Waals surface area contributed by atoms with E-state index < -0.39 is 0 Å². The molecule has 3 unspecified atom stereocenters. The number of halogens is 1. The van der Waals surface area contributed by atoms with E-state index >= 15 is 0 Å². The van der Waals surface area contributed by atoms with E-state index in [-0.39, 0.29) is 24.4 Å². The van der Waals surface area contributed by atoms with Crippen LogP contribution in [0.25, 0.3) is 0 Å². The number of fused-ring (bicyclic) bond motifs is 1. The zero-order valence-electron chi connectivity index (χ0n) is 10.6. The monoisotopic (exact) mass is 282 g/mol. The van der Waals surface area contributed by atoms with Gasteiger partial charge in [0.25, 0.3) is 0 Å². The molecule has 6 heteroatoms. The van der Waals surface area contributed by atoms with Crippen LogP contribution in [-0.4, -0.2) is 31.1 Å². The van der Waals surface area contributed by atoms with Gasteiger partial charge in [-0.3, -0.25) is 10.2 Å². The zero-order chi connectivity index (χ0) is 12.4. The number of para-hydroxylation sites is 1. The number of carbonyl (C=O) groups is 1. The van der Waals surface area contributed by atoms with E-state index in [1.165, 1.54) is 0 Å². The molecule has 0 spiro atoms. The summed E-state index contributed by atoms with van der Waals surface area (Å²) in [7, 11) is 0. The largest absolute Gasteiger partial charge is 0.325 e. The molecular formula is C13H19ClN4O. The maximum Gasteiger partial charge on any atom is 0.243 e. The third-order valence-corrected chi connectivity index (χ3v) is 3.71. The van der Waals surface area contributed by atoms with Gasteiger partial charge < -0.3 is 10.6 Å². The van der Waals surface area contributed by atoms with Crippen molar-refractivity contribution in [2.24, 2.45) is 5.92 Å². The Bertz CT molecular complexity index is 428. The van der Waals surface area contributed by atoms with Crippen LogP contribution in [0.4, 0.5) is 5.69 Å². The lowest BCUT2D eigenvalue weighted by molar-refractivity contribution is -0.118. The number of hydrazine groups is 1. The molecule has 3 rings (SSSR count). The fraction of sp³-hybridized carbons (Fsp3) is 0.462. The Morgan fingerprint density at radius 1 is 1.21 bits per heavy atom. The lowest BCUT2D eigenvalue weighted by Gasteiger charge is -2.27. The maximum atomic E-state index is 12.2. The van der Waals surface area contributed by atoms with Gasteiger partial charge in [0.05, 0.1) is 0 Å². The van der Waals surface area contributed by atoms with Gasteiger partial charge in [0, 0.05) is 24.2 Å². The Morgan fingerprint density at radius 3 is 2.79 bits per heavy atom. The number of amides is 1. The first-order chi connectivity index (χ1) is 8.84. The Kier molecular flexibility index (Phi) is 4.76. The van der Waals surface area contributed by atoms with Crippen molar-refractivity contribution >= 4 is 24.0 Å². The summed E-state index contributed by atoms with van der Waals surface area (Å²) in [5.74, 6) is 0.354. The summed E-state index contributed by atoms with van der Waals surface area (Å²) >= 11 is 0. The molecule has 1 amide bonds. The molecular weight excluding hydrogens is 264 g/mol. The fourth-order valence-corrected chi connectivity index (χ4v) is 2.72. The highest BCUT2D eigenvalue weighted by Crippen LogP contribution is 2.21. The predicted octanol–water partition coefficient (Wildman–Crippen LogP) is 0.501. The van der Waals surface area contributed by atoms with Gasteiger partial charge in [0.15, 0.2) is 0 Å². The second-order valence-electron chi connectivity index (χ2n) is 4.88. The van der Waals surface area contributed by atoms with E-state index in [0.717, 1.165) is 25.2 Å². The van der Waals surface area contributed by atoms with Gasteiger partial charge in [-0.1, -0.05) is 18.2 Å². The molecule has 19 heavy (non-hydrogen) atoms. The number of piperidine rings is 1. The summed E-state index contributed by atoms with van der Waals surface area (Å²) in [4.78, 5) is 12.2. The van der Waals surface area contributed by atoms with Crippen molar-refractivity contribution < 1.29 is 4.79 Å². The molecule has 2 fully saturated rings. The first-order valence-corrected chi connectivity index (χ1v) is 6.42. The minimum absolute atomic E-state index is 0. The first kappa shape index (κ1) is 14.3. The van der Waals surface area contributed by atoms with E-state index in [4.69, 9.17) is 0 Å². The van der Waals surface area contributed by atoms with Gasteiger partial charge >= 0.3 is 0 Å². The van der Waals surface area contributed by atoms with Gasteiger partial charge in [0.1, 0.15) is 6.04 Å². The van der Waals surface area contributed by atoms with Gasteiger partial charge in [0.2, 0.25) is 5.91 Å². The molecule has 2 heterocycles. The highest BCUT2D eigenvalue weighted by molar-refractivity contribution is 5.95. The average molecular weight is 283 g/mol. The highest BCUT2D eigenvalue weighted by Gasteiger charge is 2.40.